The number of hydrogen-bond acceptors (Lipinski definition) is 4. The van der Waals surface area contributed by atoms with Crippen LogP contribution in [0.15, 0.2) is 53.0 Å². The molecule has 2 aromatic rings. The van der Waals surface area contributed by atoms with Crippen molar-refractivity contribution in [1.82, 2.24) is 5.32 Å². The minimum Gasteiger partial charge on any atom is -0.493 e. The van der Waals surface area contributed by atoms with Crippen LogP contribution in [-0.2, 0) is 4.79 Å². The minimum atomic E-state index is -0.0753. The van der Waals surface area contributed by atoms with E-state index in [0.29, 0.717) is 37.7 Å². The van der Waals surface area contributed by atoms with Gasteiger partial charge in [0.2, 0.25) is 5.91 Å². The number of para-hydroxylation sites is 2. The van der Waals surface area contributed by atoms with Gasteiger partial charge in [0.05, 0.1) is 26.7 Å². The lowest BCUT2D eigenvalue weighted by molar-refractivity contribution is -0.121. The van der Waals surface area contributed by atoms with Gasteiger partial charge in [-0.15, -0.1) is 0 Å². The summed E-state index contributed by atoms with van der Waals surface area (Å²) >= 11 is 3.37. The molecule has 2 rings (SSSR count). The number of ether oxygens (including phenoxy) is 3. The van der Waals surface area contributed by atoms with Gasteiger partial charge in [0.15, 0.2) is 11.5 Å². The van der Waals surface area contributed by atoms with Crippen LogP contribution in [0, 0.1) is 0 Å². The summed E-state index contributed by atoms with van der Waals surface area (Å²) in [5, 5.41) is 2.79. The summed E-state index contributed by atoms with van der Waals surface area (Å²) in [5.41, 5.74) is 0. The molecule has 0 unspecified atom stereocenters. The molecular formula is C18H20BrNO4. The summed E-state index contributed by atoms with van der Waals surface area (Å²) in [6.45, 7) is 1.13. The topological polar surface area (TPSA) is 56.8 Å². The monoisotopic (exact) mass is 393 g/mol. The van der Waals surface area contributed by atoms with E-state index < -0.39 is 0 Å². The second kappa shape index (κ2) is 9.82. The van der Waals surface area contributed by atoms with Crippen molar-refractivity contribution >= 4 is 21.8 Å². The molecule has 6 heteroatoms. The van der Waals surface area contributed by atoms with Crippen LogP contribution in [0.1, 0.15) is 6.42 Å². The molecule has 0 spiro atoms. The number of halogens is 1. The molecule has 0 fully saturated rings. The third kappa shape index (κ3) is 6.12. The first kappa shape index (κ1) is 18.1. The Morgan fingerprint density at radius 2 is 1.83 bits per heavy atom. The fourth-order valence-electron chi connectivity index (χ4n) is 2.00. The molecule has 1 amide bonds. The summed E-state index contributed by atoms with van der Waals surface area (Å²) in [6.07, 6.45) is 0.293. The van der Waals surface area contributed by atoms with E-state index in [1.165, 1.54) is 0 Å². The number of methoxy groups -OCH3 is 1. The zero-order valence-corrected chi connectivity index (χ0v) is 15.0. The number of amides is 1. The predicted octanol–water partition coefficient (Wildman–Crippen LogP) is 3.42. The summed E-state index contributed by atoms with van der Waals surface area (Å²) in [4.78, 5) is 11.8. The highest BCUT2D eigenvalue weighted by Crippen LogP contribution is 2.25. The van der Waals surface area contributed by atoms with Crippen molar-refractivity contribution in [2.24, 2.45) is 0 Å². The van der Waals surface area contributed by atoms with E-state index in [1.807, 2.05) is 48.5 Å². The van der Waals surface area contributed by atoms with Crippen molar-refractivity contribution in [3.05, 3.63) is 53.0 Å². The van der Waals surface area contributed by atoms with Gasteiger partial charge in [-0.1, -0.05) is 34.1 Å². The van der Waals surface area contributed by atoms with E-state index >= 15 is 0 Å². The maximum Gasteiger partial charge on any atom is 0.223 e. The van der Waals surface area contributed by atoms with Gasteiger partial charge in [-0.05, 0) is 30.3 Å². The standard InChI is InChI=1S/C18H20BrNO4/c1-22-16-7-2-3-8-17(16)24-12-10-20-18(21)9-11-23-15-6-4-5-14(19)13-15/h2-8,13H,9-12H2,1H3,(H,20,21). The van der Waals surface area contributed by atoms with E-state index in [9.17, 15) is 4.79 Å². The average Bonchev–Trinajstić information content (AvgIpc) is 2.59. The lowest BCUT2D eigenvalue weighted by atomic mass is 10.3. The highest BCUT2D eigenvalue weighted by Gasteiger charge is 2.04. The summed E-state index contributed by atoms with van der Waals surface area (Å²) in [6, 6.07) is 14.9. The Morgan fingerprint density at radius 1 is 1.04 bits per heavy atom. The van der Waals surface area contributed by atoms with Gasteiger partial charge < -0.3 is 19.5 Å². The lowest BCUT2D eigenvalue weighted by Gasteiger charge is -2.11. The molecule has 0 atom stereocenters. The number of hydrogen-bond donors (Lipinski definition) is 1. The molecule has 5 nitrogen and oxygen atoms in total. The maximum atomic E-state index is 11.8. The van der Waals surface area contributed by atoms with Gasteiger partial charge in [0, 0.05) is 4.47 Å². The van der Waals surface area contributed by atoms with Crippen LogP contribution in [0.5, 0.6) is 17.2 Å². The molecule has 0 aromatic heterocycles. The average molecular weight is 394 g/mol. The van der Waals surface area contributed by atoms with E-state index in [1.54, 1.807) is 7.11 Å². The van der Waals surface area contributed by atoms with Crippen molar-refractivity contribution in [2.45, 2.75) is 6.42 Å². The van der Waals surface area contributed by atoms with Crippen LogP contribution in [0.3, 0.4) is 0 Å². The van der Waals surface area contributed by atoms with E-state index in [0.717, 1.165) is 10.2 Å². The molecule has 128 valence electrons. The molecular weight excluding hydrogens is 374 g/mol. The number of rotatable bonds is 9. The van der Waals surface area contributed by atoms with Crippen LogP contribution >= 0.6 is 15.9 Å². The van der Waals surface area contributed by atoms with Crippen LogP contribution < -0.4 is 19.5 Å². The van der Waals surface area contributed by atoms with Gasteiger partial charge in [-0.25, -0.2) is 0 Å². The highest BCUT2D eigenvalue weighted by atomic mass is 79.9. The van der Waals surface area contributed by atoms with Crippen LogP contribution in [-0.4, -0.2) is 32.8 Å². The maximum absolute atomic E-state index is 11.8. The van der Waals surface area contributed by atoms with E-state index in [4.69, 9.17) is 14.2 Å². The quantitative estimate of drug-likeness (QED) is 0.663. The molecule has 1 N–H and O–H groups in total. The van der Waals surface area contributed by atoms with Gasteiger partial charge in [0.25, 0.3) is 0 Å². The smallest absolute Gasteiger partial charge is 0.223 e. The first-order chi connectivity index (χ1) is 11.7. The number of carbonyl (C=O) groups is 1. The Hall–Kier alpha value is -2.21. The molecule has 24 heavy (non-hydrogen) atoms. The molecule has 0 bridgehead atoms. The first-order valence-corrected chi connectivity index (χ1v) is 8.39. The van der Waals surface area contributed by atoms with Crippen LogP contribution in [0.25, 0.3) is 0 Å². The zero-order valence-electron chi connectivity index (χ0n) is 13.5. The normalized spacial score (nSPS) is 10.1. The van der Waals surface area contributed by atoms with Crippen molar-refractivity contribution in [1.29, 1.82) is 0 Å². The van der Waals surface area contributed by atoms with Crippen LogP contribution in [0.4, 0.5) is 0 Å². The van der Waals surface area contributed by atoms with Gasteiger partial charge in [0.1, 0.15) is 12.4 Å². The predicted molar refractivity (Wildman–Crippen MR) is 95.8 cm³/mol. The Bertz CT molecular complexity index is 663. The second-order valence-electron chi connectivity index (χ2n) is 4.91. The van der Waals surface area contributed by atoms with Crippen molar-refractivity contribution in [3.8, 4) is 17.2 Å². The third-order valence-corrected chi connectivity index (χ3v) is 3.64. The Balaban J connectivity index is 1.61. The molecule has 0 aliphatic rings. The molecule has 0 aliphatic carbocycles. The number of benzene rings is 2. The molecule has 0 aliphatic heterocycles. The van der Waals surface area contributed by atoms with Crippen molar-refractivity contribution in [3.63, 3.8) is 0 Å². The van der Waals surface area contributed by atoms with Crippen molar-refractivity contribution in [2.75, 3.05) is 26.9 Å². The number of nitrogens with one attached hydrogen (secondary N) is 1. The largest absolute Gasteiger partial charge is 0.493 e. The molecule has 2 aromatic carbocycles. The lowest BCUT2D eigenvalue weighted by Crippen LogP contribution is -2.29. The molecule has 0 radical (unpaired) electrons. The molecule has 0 saturated carbocycles. The molecule has 0 heterocycles. The Kier molecular flexibility index (Phi) is 7.42. The van der Waals surface area contributed by atoms with Gasteiger partial charge in [-0.3, -0.25) is 4.79 Å². The number of carbonyl (C=O) groups excluding carboxylic acids is 1. The minimum absolute atomic E-state index is 0.0753. The first-order valence-electron chi connectivity index (χ1n) is 7.60. The highest BCUT2D eigenvalue weighted by molar-refractivity contribution is 9.10. The Morgan fingerprint density at radius 3 is 2.58 bits per heavy atom. The zero-order chi connectivity index (χ0) is 17.2. The van der Waals surface area contributed by atoms with Gasteiger partial charge >= 0.3 is 0 Å². The fraction of sp³-hybridized carbons (Fsp3) is 0.278. The Labute approximate surface area is 150 Å². The van der Waals surface area contributed by atoms with E-state index in [-0.39, 0.29) is 5.91 Å². The van der Waals surface area contributed by atoms with Crippen molar-refractivity contribution < 1.29 is 19.0 Å². The van der Waals surface area contributed by atoms with Crippen LogP contribution in [0.2, 0.25) is 0 Å². The summed E-state index contributed by atoms with van der Waals surface area (Å²) in [7, 11) is 1.59. The summed E-state index contributed by atoms with van der Waals surface area (Å²) in [5.74, 6) is 1.99. The SMILES string of the molecule is COc1ccccc1OCCNC(=O)CCOc1cccc(Br)c1. The second-order valence-corrected chi connectivity index (χ2v) is 5.82. The third-order valence-electron chi connectivity index (χ3n) is 3.14. The molecule has 0 saturated heterocycles. The fourth-order valence-corrected chi connectivity index (χ4v) is 2.37. The van der Waals surface area contributed by atoms with Gasteiger partial charge in [-0.2, -0.15) is 0 Å². The van der Waals surface area contributed by atoms with E-state index in [2.05, 4.69) is 21.2 Å². The summed E-state index contributed by atoms with van der Waals surface area (Å²) < 4.78 is 17.3.